The fourth-order valence-corrected chi connectivity index (χ4v) is 3.09. The Balaban J connectivity index is 5.22. The maximum Gasteiger partial charge on any atom is 0.336 e. The number of ether oxygens (including phenoxy) is 1. The van der Waals surface area contributed by atoms with Crippen LogP contribution in [-0.2, 0) is 9.53 Å². The number of hydrogen-bond donors (Lipinski definition) is 1. The van der Waals surface area contributed by atoms with Gasteiger partial charge in [-0.25, -0.2) is 4.79 Å². The SMILES string of the molecule is CCCCOC(CCCC)(C(=O)O)C(CCCC)CCCC. The van der Waals surface area contributed by atoms with Crippen molar-refractivity contribution in [2.45, 2.75) is 104 Å². The molecule has 0 aromatic heterocycles. The molecule has 0 saturated heterocycles. The number of rotatable bonds is 15. The number of unbranched alkanes of at least 4 members (excludes halogenated alkanes) is 4. The lowest BCUT2D eigenvalue weighted by atomic mass is 9.77. The van der Waals surface area contributed by atoms with E-state index in [1.165, 1.54) is 0 Å². The second-order valence-electron chi connectivity index (χ2n) is 6.48. The molecule has 0 aliphatic carbocycles. The highest BCUT2D eigenvalue weighted by atomic mass is 16.5. The number of carbonyl (C=O) groups is 1. The monoisotopic (exact) mass is 314 g/mol. The summed E-state index contributed by atoms with van der Waals surface area (Å²) in [5.41, 5.74) is -0.963. The van der Waals surface area contributed by atoms with Gasteiger partial charge in [-0.2, -0.15) is 0 Å². The summed E-state index contributed by atoms with van der Waals surface area (Å²) in [5.74, 6) is -0.595. The molecular weight excluding hydrogens is 276 g/mol. The van der Waals surface area contributed by atoms with E-state index in [0.717, 1.165) is 64.2 Å². The Hall–Kier alpha value is -0.570. The van der Waals surface area contributed by atoms with Gasteiger partial charge in [-0.05, 0) is 31.6 Å². The van der Waals surface area contributed by atoms with Gasteiger partial charge >= 0.3 is 5.97 Å². The summed E-state index contributed by atoms with van der Waals surface area (Å²) in [5, 5.41) is 9.99. The van der Waals surface area contributed by atoms with Gasteiger partial charge in [-0.1, -0.05) is 72.6 Å². The van der Waals surface area contributed by atoms with Gasteiger partial charge in [0.15, 0.2) is 5.60 Å². The molecule has 0 rings (SSSR count). The van der Waals surface area contributed by atoms with E-state index in [9.17, 15) is 9.90 Å². The summed E-state index contributed by atoms with van der Waals surface area (Å²) in [4.78, 5) is 12.2. The Kier molecular flexibility index (Phi) is 12.6. The molecule has 3 nitrogen and oxygen atoms in total. The van der Waals surface area contributed by atoms with Crippen LogP contribution in [0.3, 0.4) is 0 Å². The van der Waals surface area contributed by atoms with E-state index in [1.54, 1.807) is 0 Å². The van der Waals surface area contributed by atoms with Crippen LogP contribution in [0.4, 0.5) is 0 Å². The van der Waals surface area contributed by atoms with Gasteiger partial charge in [0, 0.05) is 6.61 Å². The smallest absolute Gasteiger partial charge is 0.336 e. The van der Waals surface area contributed by atoms with Crippen LogP contribution in [0.15, 0.2) is 0 Å². The average molecular weight is 315 g/mol. The van der Waals surface area contributed by atoms with Crippen LogP contribution in [0.1, 0.15) is 98.3 Å². The van der Waals surface area contributed by atoms with Crippen LogP contribution in [0.5, 0.6) is 0 Å². The zero-order valence-electron chi connectivity index (χ0n) is 15.3. The highest BCUT2D eigenvalue weighted by Crippen LogP contribution is 2.36. The van der Waals surface area contributed by atoms with Crippen LogP contribution < -0.4 is 0 Å². The van der Waals surface area contributed by atoms with Crippen LogP contribution in [0.2, 0.25) is 0 Å². The van der Waals surface area contributed by atoms with Gasteiger partial charge in [-0.3, -0.25) is 0 Å². The minimum absolute atomic E-state index is 0.147. The number of hydrogen-bond acceptors (Lipinski definition) is 2. The second kappa shape index (κ2) is 12.9. The Labute approximate surface area is 137 Å². The third-order valence-corrected chi connectivity index (χ3v) is 4.59. The van der Waals surface area contributed by atoms with Crippen molar-refractivity contribution in [1.82, 2.24) is 0 Å². The third-order valence-electron chi connectivity index (χ3n) is 4.59. The number of carboxylic acids is 1. The van der Waals surface area contributed by atoms with E-state index >= 15 is 0 Å². The van der Waals surface area contributed by atoms with E-state index in [-0.39, 0.29) is 5.92 Å². The molecule has 1 unspecified atom stereocenters. The van der Waals surface area contributed by atoms with E-state index in [4.69, 9.17) is 4.74 Å². The van der Waals surface area contributed by atoms with Crippen molar-refractivity contribution in [3.05, 3.63) is 0 Å². The van der Waals surface area contributed by atoms with Crippen molar-refractivity contribution in [3.63, 3.8) is 0 Å². The second-order valence-corrected chi connectivity index (χ2v) is 6.48. The van der Waals surface area contributed by atoms with Gasteiger partial charge in [0.1, 0.15) is 0 Å². The summed E-state index contributed by atoms with van der Waals surface area (Å²) in [6, 6.07) is 0. The zero-order chi connectivity index (χ0) is 16.8. The lowest BCUT2D eigenvalue weighted by Gasteiger charge is -2.38. The van der Waals surface area contributed by atoms with Gasteiger partial charge in [-0.15, -0.1) is 0 Å². The fourth-order valence-electron chi connectivity index (χ4n) is 3.09. The minimum atomic E-state index is -0.963. The quantitative estimate of drug-likeness (QED) is 0.388. The van der Waals surface area contributed by atoms with Gasteiger partial charge in [0.05, 0.1) is 0 Å². The molecule has 0 heterocycles. The Morgan fingerprint density at radius 2 is 1.41 bits per heavy atom. The summed E-state index contributed by atoms with van der Waals surface area (Å²) in [7, 11) is 0. The fraction of sp³-hybridized carbons (Fsp3) is 0.947. The molecule has 132 valence electrons. The summed E-state index contributed by atoms with van der Waals surface area (Å²) >= 11 is 0. The molecule has 0 aliphatic heterocycles. The molecule has 3 heteroatoms. The summed E-state index contributed by atoms with van der Waals surface area (Å²) < 4.78 is 6.09. The van der Waals surface area contributed by atoms with Crippen molar-refractivity contribution in [2.75, 3.05) is 6.61 Å². The van der Waals surface area contributed by atoms with Crippen LogP contribution in [-0.4, -0.2) is 23.3 Å². The van der Waals surface area contributed by atoms with Crippen LogP contribution >= 0.6 is 0 Å². The minimum Gasteiger partial charge on any atom is -0.479 e. The first-order valence-electron chi connectivity index (χ1n) is 9.46. The van der Waals surface area contributed by atoms with Gasteiger partial charge in [0.2, 0.25) is 0 Å². The topological polar surface area (TPSA) is 46.5 Å². The zero-order valence-corrected chi connectivity index (χ0v) is 15.3. The molecule has 0 fully saturated rings. The molecule has 0 aliphatic rings. The van der Waals surface area contributed by atoms with E-state index in [1.807, 2.05) is 0 Å². The van der Waals surface area contributed by atoms with Gasteiger partial charge < -0.3 is 9.84 Å². The first kappa shape index (κ1) is 21.4. The first-order chi connectivity index (χ1) is 10.6. The lowest BCUT2D eigenvalue weighted by Crippen LogP contribution is -2.49. The van der Waals surface area contributed by atoms with Crippen molar-refractivity contribution >= 4 is 5.97 Å². The Bertz CT molecular complexity index is 270. The molecule has 0 aromatic carbocycles. The van der Waals surface area contributed by atoms with Crippen LogP contribution in [0.25, 0.3) is 0 Å². The molecule has 0 aromatic rings. The maximum absolute atomic E-state index is 12.2. The molecule has 0 saturated carbocycles. The largest absolute Gasteiger partial charge is 0.479 e. The van der Waals surface area contributed by atoms with Gasteiger partial charge in [0.25, 0.3) is 0 Å². The highest BCUT2D eigenvalue weighted by molar-refractivity contribution is 5.78. The molecule has 1 N–H and O–H groups in total. The normalized spacial score (nSPS) is 14.2. The van der Waals surface area contributed by atoms with E-state index in [0.29, 0.717) is 13.0 Å². The van der Waals surface area contributed by atoms with Crippen molar-refractivity contribution < 1.29 is 14.6 Å². The predicted octanol–water partition coefficient (Wildman–Crippen LogP) is 5.81. The molecular formula is C19H38O3. The lowest BCUT2D eigenvalue weighted by molar-refractivity contribution is -0.178. The number of carboxylic acid groups (broad SMARTS) is 1. The molecule has 0 spiro atoms. The molecule has 22 heavy (non-hydrogen) atoms. The van der Waals surface area contributed by atoms with Crippen molar-refractivity contribution in [1.29, 1.82) is 0 Å². The van der Waals surface area contributed by atoms with Crippen LogP contribution in [0, 0.1) is 5.92 Å². The highest BCUT2D eigenvalue weighted by Gasteiger charge is 2.45. The summed E-state index contributed by atoms with van der Waals surface area (Å²) in [6.45, 7) is 9.14. The first-order valence-corrected chi connectivity index (χ1v) is 9.46. The van der Waals surface area contributed by atoms with E-state index in [2.05, 4.69) is 27.7 Å². The summed E-state index contributed by atoms with van der Waals surface area (Å²) in [6.07, 6.45) is 10.9. The molecule has 0 amide bonds. The molecule has 0 radical (unpaired) electrons. The predicted molar refractivity (Wildman–Crippen MR) is 93.3 cm³/mol. The third kappa shape index (κ3) is 7.13. The van der Waals surface area contributed by atoms with E-state index < -0.39 is 11.6 Å². The Morgan fingerprint density at radius 3 is 1.82 bits per heavy atom. The number of aliphatic carboxylic acids is 1. The molecule has 0 bridgehead atoms. The standard InChI is InChI=1S/C19H38O3/c1-5-9-13-17(14-10-6-2)19(18(20)21,15-11-7-3)22-16-12-8-4/h17H,5-16H2,1-4H3,(H,20,21). The maximum atomic E-state index is 12.2. The van der Waals surface area contributed by atoms with Crippen molar-refractivity contribution in [2.24, 2.45) is 5.92 Å². The Morgan fingerprint density at radius 1 is 0.909 bits per heavy atom. The molecule has 1 atom stereocenters. The van der Waals surface area contributed by atoms with Crippen molar-refractivity contribution in [3.8, 4) is 0 Å². The average Bonchev–Trinajstić information content (AvgIpc) is 2.51.